The van der Waals surface area contributed by atoms with Crippen molar-refractivity contribution in [2.75, 3.05) is 13.1 Å². The van der Waals surface area contributed by atoms with E-state index in [4.69, 9.17) is 9.05 Å². The summed E-state index contributed by atoms with van der Waals surface area (Å²) in [4.78, 5) is 31.8. The minimum absolute atomic E-state index is 0.00789. The van der Waals surface area contributed by atoms with Crippen molar-refractivity contribution in [1.82, 2.24) is 25.5 Å². The molecule has 0 radical (unpaired) electrons. The normalized spacial score (nSPS) is 25.7. The van der Waals surface area contributed by atoms with E-state index in [1.165, 1.54) is 0 Å². The SMILES string of the molecule is Cc1noc([C@]23C[C@H](NC(=O)Cc4c(C)noc4C)C[C@H]2CN(C(=O)C(C)C)C3)n1. The van der Waals surface area contributed by atoms with Crippen LogP contribution in [0.2, 0.25) is 0 Å². The number of hydrogen-bond donors (Lipinski definition) is 1. The van der Waals surface area contributed by atoms with Crippen molar-refractivity contribution in [1.29, 1.82) is 0 Å². The molecule has 9 heteroatoms. The zero-order chi connectivity index (χ0) is 21.6. The largest absolute Gasteiger partial charge is 0.361 e. The molecule has 1 saturated carbocycles. The number of aryl methyl sites for hydroxylation is 3. The maximum atomic E-state index is 12.7. The van der Waals surface area contributed by atoms with E-state index in [1.807, 2.05) is 32.6 Å². The average Bonchev–Trinajstić information content (AvgIpc) is 3.41. The van der Waals surface area contributed by atoms with Gasteiger partial charge < -0.3 is 19.3 Å². The lowest BCUT2D eigenvalue weighted by Crippen LogP contribution is -2.40. The van der Waals surface area contributed by atoms with Gasteiger partial charge in [0.15, 0.2) is 5.82 Å². The van der Waals surface area contributed by atoms with Crippen LogP contribution in [-0.4, -0.2) is 51.1 Å². The van der Waals surface area contributed by atoms with Crippen LogP contribution in [0.15, 0.2) is 9.05 Å². The number of amides is 2. The zero-order valence-electron chi connectivity index (χ0n) is 18.2. The fourth-order valence-electron chi connectivity index (χ4n) is 5.04. The van der Waals surface area contributed by atoms with Gasteiger partial charge in [-0.25, -0.2) is 0 Å². The number of fused-ring (bicyclic) bond motifs is 1. The van der Waals surface area contributed by atoms with Gasteiger partial charge in [0.25, 0.3) is 0 Å². The number of likely N-dealkylation sites (tertiary alicyclic amines) is 1. The first kappa shape index (κ1) is 20.6. The van der Waals surface area contributed by atoms with Gasteiger partial charge in [-0.2, -0.15) is 4.98 Å². The van der Waals surface area contributed by atoms with Crippen LogP contribution in [0, 0.1) is 32.6 Å². The van der Waals surface area contributed by atoms with Gasteiger partial charge in [-0.1, -0.05) is 24.2 Å². The molecule has 162 valence electrons. The summed E-state index contributed by atoms with van der Waals surface area (Å²) in [6.45, 7) is 10.5. The molecular formula is C21H29N5O4. The topological polar surface area (TPSA) is 114 Å². The van der Waals surface area contributed by atoms with Gasteiger partial charge in [0.1, 0.15) is 5.76 Å². The molecule has 1 N–H and O–H groups in total. The highest BCUT2D eigenvalue weighted by Crippen LogP contribution is 2.50. The summed E-state index contributed by atoms with van der Waals surface area (Å²) in [6.07, 6.45) is 1.69. The summed E-state index contributed by atoms with van der Waals surface area (Å²) in [7, 11) is 0. The third-order valence-electron chi connectivity index (χ3n) is 6.52. The van der Waals surface area contributed by atoms with E-state index in [0.29, 0.717) is 37.0 Å². The molecule has 2 amide bonds. The molecule has 2 aromatic rings. The molecule has 0 spiro atoms. The Kier molecular flexibility index (Phi) is 5.15. The molecule has 1 aliphatic carbocycles. The highest BCUT2D eigenvalue weighted by atomic mass is 16.5. The molecular weight excluding hydrogens is 386 g/mol. The standard InChI is InChI=1S/C21H29N5O4/c1-11(2)19(28)26-9-15-6-16(8-21(15,10-26)20-22-14(5)25-30-20)23-18(27)7-17-12(3)24-29-13(17)4/h11,15-16H,6-10H2,1-5H3,(H,23,27)/t15-,16+,21-/m0/s1. The highest BCUT2D eigenvalue weighted by molar-refractivity contribution is 5.80. The van der Waals surface area contributed by atoms with Crippen molar-refractivity contribution in [3.8, 4) is 0 Å². The first-order valence-corrected chi connectivity index (χ1v) is 10.5. The summed E-state index contributed by atoms with van der Waals surface area (Å²) in [5.74, 6) is 2.02. The second-order valence-electron chi connectivity index (χ2n) is 9.06. The molecule has 3 heterocycles. The Hall–Kier alpha value is -2.71. The first-order valence-electron chi connectivity index (χ1n) is 10.5. The number of hydrogen-bond acceptors (Lipinski definition) is 7. The number of nitrogens with zero attached hydrogens (tertiary/aromatic N) is 4. The summed E-state index contributed by atoms with van der Waals surface area (Å²) >= 11 is 0. The van der Waals surface area contributed by atoms with Crippen LogP contribution in [0.4, 0.5) is 0 Å². The second kappa shape index (κ2) is 7.52. The van der Waals surface area contributed by atoms with E-state index in [9.17, 15) is 9.59 Å². The quantitative estimate of drug-likeness (QED) is 0.792. The first-order chi connectivity index (χ1) is 14.2. The van der Waals surface area contributed by atoms with Gasteiger partial charge in [0.05, 0.1) is 17.5 Å². The average molecular weight is 415 g/mol. The molecule has 30 heavy (non-hydrogen) atoms. The summed E-state index contributed by atoms with van der Waals surface area (Å²) in [5, 5.41) is 11.1. The van der Waals surface area contributed by atoms with Crippen LogP contribution in [0.1, 0.15) is 55.4 Å². The molecule has 0 bridgehead atoms. The lowest BCUT2D eigenvalue weighted by Gasteiger charge is -2.26. The Bertz CT molecular complexity index is 945. The van der Waals surface area contributed by atoms with Gasteiger partial charge in [-0.15, -0.1) is 0 Å². The molecule has 2 fully saturated rings. The number of rotatable bonds is 5. The van der Waals surface area contributed by atoms with Crippen molar-refractivity contribution in [3.05, 3.63) is 28.7 Å². The van der Waals surface area contributed by atoms with Crippen LogP contribution in [0.3, 0.4) is 0 Å². The van der Waals surface area contributed by atoms with Crippen LogP contribution in [-0.2, 0) is 21.4 Å². The van der Waals surface area contributed by atoms with Crippen molar-refractivity contribution in [3.63, 3.8) is 0 Å². The second-order valence-corrected chi connectivity index (χ2v) is 9.06. The van der Waals surface area contributed by atoms with Gasteiger partial charge >= 0.3 is 0 Å². The highest BCUT2D eigenvalue weighted by Gasteiger charge is 2.58. The summed E-state index contributed by atoms with van der Waals surface area (Å²) in [5.41, 5.74) is 1.17. The number of carbonyl (C=O) groups is 2. The Labute approximate surface area is 175 Å². The molecule has 0 unspecified atom stereocenters. The fraction of sp³-hybridized carbons (Fsp3) is 0.667. The molecule has 4 rings (SSSR count). The van der Waals surface area contributed by atoms with Crippen LogP contribution < -0.4 is 5.32 Å². The minimum atomic E-state index is -0.410. The van der Waals surface area contributed by atoms with E-state index in [1.54, 1.807) is 6.92 Å². The van der Waals surface area contributed by atoms with Crippen LogP contribution in [0.5, 0.6) is 0 Å². The molecule has 2 aromatic heterocycles. The number of nitrogens with one attached hydrogen (secondary N) is 1. The van der Waals surface area contributed by atoms with E-state index in [-0.39, 0.29) is 36.1 Å². The lowest BCUT2D eigenvalue weighted by molar-refractivity contribution is -0.134. The number of carbonyl (C=O) groups excluding carboxylic acids is 2. The van der Waals surface area contributed by atoms with Gasteiger partial charge in [-0.05, 0) is 39.5 Å². The molecule has 1 aliphatic heterocycles. The van der Waals surface area contributed by atoms with E-state index in [0.717, 1.165) is 17.7 Å². The molecule has 9 nitrogen and oxygen atoms in total. The minimum Gasteiger partial charge on any atom is -0.361 e. The third kappa shape index (κ3) is 3.50. The predicted octanol–water partition coefficient (Wildman–Crippen LogP) is 1.86. The predicted molar refractivity (Wildman–Crippen MR) is 106 cm³/mol. The van der Waals surface area contributed by atoms with Crippen molar-refractivity contribution in [2.45, 2.75) is 65.3 Å². The fourth-order valence-corrected chi connectivity index (χ4v) is 5.04. The Morgan fingerprint density at radius 3 is 2.60 bits per heavy atom. The maximum absolute atomic E-state index is 12.7. The molecule has 2 aliphatic rings. The van der Waals surface area contributed by atoms with E-state index >= 15 is 0 Å². The molecule has 0 aromatic carbocycles. The summed E-state index contributed by atoms with van der Waals surface area (Å²) in [6, 6.07) is -0.00789. The number of aromatic nitrogens is 3. The Morgan fingerprint density at radius 2 is 2.00 bits per heavy atom. The van der Waals surface area contributed by atoms with Crippen molar-refractivity contribution >= 4 is 11.8 Å². The Balaban J connectivity index is 1.51. The van der Waals surface area contributed by atoms with E-state index in [2.05, 4.69) is 20.6 Å². The van der Waals surface area contributed by atoms with E-state index < -0.39 is 5.41 Å². The smallest absolute Gasteiger partial charge is 0.235 e. The van der Waals surface area contributed by atoms with Gasteiger partial charge in [0, 0.05) is 30.6 Å². The Morgan fingerprint density at radius 1 is 1.23 bits per heavy atom. The maximum Gasteiger partial charge on any atom is 0.235 e. The van der Waals surface area contributed by atoms with Gasteiger partial charge in [-0.3, -0.25) is 9.59 Å². The summed E-state index contributed by atoms with van der Waals surface area (Å²) < 4.78 is 10.7. The monoisotopic (exact) mass is 415 g/mol. The third-order valence-corrected chi connectivity index (χ3v) is 6.52. The molecule has 1 saturated heterocycles. The lowest BCUT2D eigenvalue weighted by atomic mass is 9.80. The van der Waals surface area contributed by atoms with Crippen molar-refractivity contribution in [2.24, 2.45) is 11.8 Å². The zero-order valence-corrected chi connectivity index (χ0v) is 18.2. The van der Waals surface area contributed by atoms with Crippen molar-refractivity contribution < 1.29 is 18.6 Å². The van der Waals surface area contributed by atoms with Crippen LogP contribution >= 0.6 is 0 Å². The van der Waals surface area contributed by atoms with Crippen LogP contribution in [0.25, 0.3) is 0 Å². The van der Waals surface area contributed by atoms with Gasteiger partial charge in [0.2, 0.25) is 17.7 Å². The molecule has 3 atom stereocenters.